The monoisotopic (exact) mass is 490 g/mol. The number of carbonyl (C=O) groups excluding carboxylic acids is 1. The number of ether oxygens (including phenoxy) is 1. The van der Waals surface area contributed by atoms with Gasteiger partial charge in [-0.2, -0.15) is 5.10 Å². The summed E-state index contributed by atoms with van der Waals surface area (Å²) in [5.74, 6) is 0.191. The molecule has 4 rings (SSSR count). The quantitative estimate of drug-likeness (QED) is 0.233. The van der Waals surface area contributed by atoms with Crippen molar-refractivity contribution in [2.45, 2.75) is 25.2 Å². The molecule has 0 spiro atoms. The molecule has 0 radical (unpaired) electrons. The average Bonchev–Trinajstić information content (AvgIpc) is 3.28. The van der Waals surface area contributed by atoms with E-state index >= 15 is 0 Å². The maximum Gasteiger partial charge on any atom is 0.271 e. The molecular formula is C26H26N4O4S. The molecule has 0 aliphatic rings. The van der Waals surface area contributed by atoms with Gasteiger partial charge in [0.1, 0.15) is 5.75 Å². The molecule has 1 amide bonds. The van der Waals surface area contributed by atoms with E-state index in [2.05, 4.69) is 33.2 Å². The summed E-state index contributed by atoms with van der Waals surface area (Å²) in [5.41, 5.74) is 6.33. The van der Waals surface area contributed by atoms with Crippen molar-refractivity contribution in [1.29, 1.82) is 0 Å². The summed E-state index contributed by atoms with van der Waals surface area (Å²) in [6.07, 6.45) is 4.36. The maximum absolute atomic E-state index is 12.6. The van der Waals surface area contributed by atoms with Crippen LogP contribution in [0.1, 0.15) is 35.3 Å². The summed E-state index contributed by atoms with van der Waals surface area (Å²) < 4.78 is 33.1. The van der Waals surface area contributed by atoms with Gasteiger partial charge in [0.05, 0.1) is 17.7 Å². The number of hydrazone groups is 1. The van der Waals surface area contributed by atoms with Crippen LogP contribution in [-0.4, -0.2) is 32.1 Å². The van der Waals surface area contributed by atoms with Crippen molar-refractivity contribution in [3.63, 3.8) is 0 Å². The third-order valence-electron chi connectivity index (χ3n) is 5.43. The molecule has 1 heterocycles. The number of H-pyrrole nitrogens is 1. The van der Waals surface area contributed by atoms with Gasteiger partial charge in [0.25, 0.3) is 15.9 Å². The Balaban J connectivity index is 1.39. The molecule has 0 bridgehead atoms. The standard InChI is InChI=1S/C26H26N4O4S/c1-3-18-6-5-7-24-20(16-27-25(18)24)17-28-29-26(31)19-8-10-21(11-9-19)30-35(32,33)23-14-12-22(13-15-23)34-4-2/h5-17,27,30H,3-4H2,1-2H3,(H,29,31). The van der Waals surface area contributed by atoms with Gasteiger partial charge >= 0.3 is 0 Å². The smallest absolute Gasteiger partial charge is 0.271 e. The first kappa shape index (κ1) is 24.0. The molecule has 0 unspecified atom stereocenters. The average molecular weight is 491 g/mol. The Kier molecular flexibility index (Phi) is 7.17. The molecular weight excluding hydrogens is 464 g/mol. The molecule has 35 heavy (non-hydrogen) atoms. The number of carbonyl (C=O) groups is 1. The number of sulfonamides is 1. The molecule has 1 aromatic heterocycles. The van der Waals surface area contributed by atoms with Gasteiger partial charge in [0.15, 0.2) is 0 Å². The van der Waals surface area contributed by atoms with Crippen molar-refractivity contribution in [2.24, 2.45) is 5.10 Å². The minimum Gasteiger partial charge on any atom is -0.494 e. The number of rotatable bonds is 9. The van der Waals surface area contributed by atoms with Gasteiger partial charge in [0, 0.05) is 33.9 Å². The van der Waals surface area contributed by atoms with Crippen LogP contribution >= 0.6 is 0 Å². The number of anilines is 1. The van der Waals surface area contributed by atoms with E-state index in [4.69, 9.17) is 4.74 Å². The summed E-state index contributed by atoms with van der Waals surface area (Å²) in [5, 5.41) is 5.11. The highest BCUT2D eigenvalue weighted by Gasteiger charge is 2.15. The molecule has 0 aliphatic heterocycles. The summed E-state index contributed by atoms with van der Waals surface area (Å²) in [6, 6.07) is 18.3. The van der Waals surface area contributed by atoms with E-state index in [1.54, 1.807) is 18.3 Å². The van der Waals surface area contributed by atoms with Gasteiger partial charge in [-0.1, -0.05) is 25.1 Å². The Bertz CT molecular complexity index is 1460. The number of aryl methyl sites for hydroxylation is 1. The first-order chi connectivity index (χ1) is 16.9. The Labute approximate surface area is 204 Å². The number of aromatic amines is 1. The second kappa shape index (κ2) is 10.4. The molecule has 0 fully saturated rings. The lowest BCUT2D eigenvalue weighted by Crippen LogP contribution is -2.18. The summed E-state index contributed by atoms with van der Waals surface area (Å²) in [7, 11) is -3.77. The lowest BCUT2D eigenvalue weighted by molar-refractivity contribution is 0.0955. The maximum atomic E-state index is 12.6. The van der Waals surface area contributed by atoms with Crippen LogP contribution in [0.3, 0.4) is 0 Å². The number of benzene rings is 3. The van der Waals surface area contributed by atoms with Gasteiger partial charge < -0.3 is 9.72 Å². The highest BCUT2D eigenvalue weighted by Crippen LogP contribution is 2.21. The zero-order valence-electron chi connectivity index (χ0n) is 19.4. The van der Waals surface area contributed by atoms with E-state index in [1.807, 2.05) is 25.3 Å². The largest absolute Gasteiger partial charge is 0.494 e. The lowest BCUT2D eigenvalue weighted by atomic mass is 10.1. The predicted molar refractivity (Wildman–Crippen MR) is 138 cm³/mol. The Morgan fingerprint density at radius 3 is 2.46 bits per heavy atom. The number of amides is 1. The van der Waals surface area contributed by atoms with Crippen molar-refractivity contribution in [1.82, 2.24) is 10.4 Å². The second-order valence-electron chi connectivity index (χ2n) is 7.72. The minimum atomic E-state index is -3.77. The number of nitrogens with zero attached hydrogens (tertiary/aromatic N) is 1. The highest BCUT2D eigenvalue weighted by atomic mass is 32.2. The first-order valence-corrected chi connectivity index (χ1v) is 12.7. The topological polar surface area (TPSA) is 113 Å². The number of nitrogens with one attached hydrogen (secondary N) is 3. The van der Waals surface area contributed by atoms with Crippen molar-refractivity contribution in [3.8, 4) is 5.75 Å². The van der Waals surface area contributed by atoms with E-state index < -0.39 is 15.9 Å². The SMILES string of the molecule is CCOc1ccc(S(=O)(=O)Nc2ccc(C(=O)NN=Cc3c[nH]c4c(CC)cccc34)cc2)cc1. The highest BCUT2D eigenvalue weighted by molar-refractivity contribution is 7.92. The molecule has 8 nitrogen and oxygen atoms in total. The van der Waals surface area contributed by atoms with Gasteiger partial charge in [-0.25, -0.2) is 13.8 Å². The van der Waals surface area contributed by atoms with Crippen LogP contribution in [-0.2, 0) is 16.4 Å². The summed E-state index contributed by atoms with van der Waals surface area (Å²) in [4.78, 5) is 15.8. The molecule has 0 saturated carbocycles. The van der Waals surface area contributed by atoms with Crippen molar-refractivity contribution in [3.05, 3.63) is 89.6 Å². The molecule has 3 N–H and O–H groups in total. The number of fused-ring (bicyclic) bond motifs is 1. The number of aromatic nitrogens is 1. The molecule has 0 atom stereocenters. The zero-order valence-corrected chi connectivity index (χ0v) is 20.2. The van der Waals surface area contributed by atoms with E-state index in [1.165, 1.54) is 42.0 Å². The first-order valence-electron chi connectivity index (χ1n) is 11.2. The Morgan fingerprint density at radius 2 is 1.77 bits per heavy atom. The second-order valence-corrected chi connectivity index (χ2v) is 9.41. The fourth-order valence-corrected chi connectivity index (χ4v) is 4.71. The van der Waals surface area contributed by atoms with E-state index in [0.717, 1.165) is 22.9 Å². The molecule has 3 aromatic carbocycles. The van der Waals surface area contributed by atoms with Crippen LogP contribution in [0.25, 0.3) is 10.9 Å². The van der Waals surface area contributed by atoms with Crippen LogP contribution in [0.4, 0.5) is 5.69 Å². The van der Waals surface area contributed by atoms with Gasteiger partial charge in [-0.3, -0.25) is 9.52 Å². The fraction of sp³-hybridized carbons (Fsp3) is 0.154. The number of hydrogen-bond donors (Lipinski definition) is 3. The summed E-state index contributed by atoms with van der Waals surface area (Å²) in [6.45, 7) is 4.45. The lowest BCUT2D eigenvalue weighted by Gasteiger charge is -2.09. The van der Waals surface area contributed by atoms with Crippen LogP contribution < -0.4 is 14.9 Å². The molecule has 4 aromatic rings. The van der Waals surface area contributed by atoms with Gasteiger partial charge in [-0.15, -0.1) is 0 Å². The van der Waals surface area contributed by atoms with Crippen LogP contribution in [0.15, 0.2) is 82.9 Å². The zero-order chi connectivity index (χ0) is 24.8. The van der Waals surface area contributed by atoms with Crippen LogP contribution in [0.2, 0.25) is 0 Å². The molecule has 180 valence electrons. The van der Waals surface area contributed by atoms with Gasteiger partial charge in [-0.05, 0) is 67.4 Å². The Morgan fingerprint density at radius 1 is 1.03 bits per heavy atom. The third-order valence-corrected chi connectivity index (χ3v) is 6.83. The van der Waals surface area contributed by atoms with E-state index in [9.17, 15) is 13.2 Å². The third kappa shape index (κ3) is 5.52. The van der Waals surface area contributed by atoms with Gasteiger partial charge in [0.2, 0.25) is 0 Å². The van der Waals surface area contributed by atoms with Crippen LogP contribution in [0, 0.1) is 0 Å². The van der Waals surface area contributed by atoms with Crippen molar-refractivity contribution >= 4 is 38.7 Å². The Hall–Kier alpha value is -4.11. The van der Waals surface area contributed by atoms with E-state index in [-0.39, 0.29) is 4.90 Å². The van der Waals surface area contributed by atoms with Crippen LogP contribution in [0.5, 0.6) is 5.75 Å². The predicted octanol–water partition coefficient (Wildman–Crippen LogP) is 4.69. The molecule has 9 heteroatoms. The summed E-state index contributed by atoms with van der Waals surface area (Å²) >= 11 is 0. The number of hydrogen-bond acceptors (Lipinski definition) is 5. The molecule has 0 aliphatic carbocycles. The van der Waals surface area contributed by atoms with Crippen molar-refractivity contribution < 1.29 is 17.9 Å². The minimum absolute atomic E-state index is 0.112. The van der Waals surface area contributed by atoms with E-state index in [0.29, 0.717) is 23.6 Å². The number of para-hydroxylation sites is 1. The fourth-order valence-electron chi connectivity index (χ4n) is 3.65. The normalized spacial score (nSPS) is 11.6. The van der Waals surface area contributed by atoms with Crippen molar-refractivity contribution in [2.75, 3.05) is 11.3 Å². The molecule has 0 saturated heterocycles.